The van der Waals surface area contributed by atoms with Crippen LogP contribution in [0.3, 0.4) is 0 Å². The SMILES string of the molecule is O[C@H](C[NH2+]CCc1ccc(C(F)(F)F)cc1)COC(c1ccccc1)c1ccccc1. The van der Waals surface area contributed by atoms with Crippen LogP contribution < -0.4 is 5.32 Å². The van der Waals surface area contributed by atoms with E-state index in [9.17, 15) is 18.3 Å². The predicted molar refractivity (Wildman–Crippen MR) is 113 cm³/mol. The smallest absolute Gasteiger partial charge is 0.385 e. The molecule has 0 aliphatic carbocycles. The molecule has 0 fully saturated rings. The van der Waals surface area contributed by atoms with Crippen molar-refractivity contribution in [1.29, 1.82) is 0 Å². The average Bonchev–Trinajstić information content (AvgIpc) is 2.78. The van der Waals surface area contributed by atoms with Gasteiger partial charge in [-0.2, -0.15) is 13.2 Å². The summed E-state index contributed by atoms with van der Waals surface area (Å²) in [6.45, 7) is 1.31. The zero-order valence-electron chi connectivity index (χ0n) is 17.1. The molecule has 0 aliphatic rings. The molecule has 31 heavy (non-hydrogen) atoms. The van der Waals surface area contributed by atoms with E-state index < -0.39 is 17.8 Å². The molecule has 0 aromatic heterocycles. The first-order chi connectivity index (χ1) is 14.9. The Balaban J connectivity index is 1.45. The van der Waals surface area contributed by atoms with Gasteiger partial charge in [0, 0.05) is 6.42 Å². The molecular formula is C25H27F3NO2+. The molecule has 164 valence electrons. The van der Waals surface area contributed by atoms with Crippen LogP contribution in [0, 0.1) is 0 Å². The van der Waals surface area contributed by atoms with Gasteiger partial charge in [-0.05, 0) is 28.8 Å². The minimum Gasteiger partial charge on any atom is -0.385 e. The maximum Gasteiger partial charge on any atom is 0.416 e. The first-order valence-corrected chi connectivity index (χ1v) is 10.3. The molecule has 0 amide bonds. The number of halogens is 3. The summed E-state index contributed by atoms with van der Waals surface area (Å²) in [7, 11) is 0. The second kappa shape index (κ2) is 11.1. The Morgan fingerprint density at radius 1 is 0.806 bits per heavy atom. The molecule has 3 nitrogen and oxygen atoms in total. The maximum atomic E-state index is 12.6. The van der Waals surface area contributed by atoms with Crippen LogP contribution in [0.4, 0.5) is 13.2 Å². The van der Waals surface area contributed by atoms with Gasteiger partial charge >= 0.3 is 6.18 Å². The van der Waals surface area contributed by atoms with Crippen LogP contribution >= 0.6 is 0 Å². The Labute approximate surface area is 180 Å². The minimum atomic E-state index is -4.31. The van der Waals surface area contributed by atoms with Crippen molar-refractivity contribution >= 4 is 0 Å². The lowest BCUT2D eigenvalue weighted by Gasteiger charge is -2.20. The molecule has 1 atom stereocenters. The Morgan fingerprint density at radius 3 is 1.87 bits per heavy atom. The molecule has 3 aromatic carbocycles. The van der Waals surface area contributed by atoms with Crippen molar-refractivity contribution in [2.24, 2.45) is 0 Å². The lowest BCUT2D eigenvalue weighted by Crippen LogP contribution is -2.87. The number of nitrogens with two attached hydrogens (primary N) is 1. The number of hydrogen-bond donors (Lipinski definition) is 2. The minimum absolute atomic E-state index is 0.186. The molecule has 6 heteroatoms. The third-order valence-corrected chi connectivity index (χ3v) is 5.02. The van der Waals surface area contributed by atoms with E-state index in [4.69, 9.17) is 4.74 Å². The van der Waals surface area contributed by atoms with E-state index in [-0.39, 0.29) is 12.7 Å². The lowest BCUT2D eigenvalue weighted by atomic mass is 10.0. The molecule has 0 saturated carbocycles. The number of benzene rings is 3. The van der Waals surface area contributed by atoms with E-state index in [2.05, 4.69) is 0 Å². The Kier molecular flexibility index (Phi) is 8.23. The summed E-state index contributed by atoms with van der Waals surface area (Å²) in [5, 5.41) is 12.3. The summed E-state index contributed by atoms with van der Waals surface area (Å²) in [5.41, 5.74) is 2.24. The van der Waals surface area contributed by atoms with Gasteiger partial charge < -0.3 is 15.2 Å². The maximum absolute atomic E-state index is 12.6. The first-order valence-electron chi connectivity index (χ1n) is 10.3. The summed E-state index contributed by atoms with van der Waals surface area (Å²) < 4.78 is 43.9. The second-order valence-electron chi connectivity index (χ2n) is 7.45. The standard InChI is InChI=1S/C25H26F3NO2/c26-25(27,28)22-13-11-19(12-14-22)15-16-29-17-23(30)18-31-24(20-7-3-1-4-8-20)21-9-5-2-6-10-21/h1-14,23-24,29-30H,15-18H2/p+1/t23-/m1/s1. The van der Waals surface area contributed by atoms with Crippen molar-refractivity contribution in [1.82, 2.24) is 0 Å². The van der Waals surface area contributed by atoms with Gasteiger partial charge in [0.05, 0.1) is 18.7 Å². The monoisotopic (exact) mass is 430 g/mol. The number of hydrogen-bond acceptors (Lipinski definition) is 2. The first kappa shape index (κ1) is 23.0. The summed E-state index contributed by atoms with van der Waals surface area (Å²) in [6.07, 6.45) is -4.60. The summed E-state index contributed by atoms with van der Waals surface area (Å²) in [5.74, 6) is 0. The fraction of sp³-hybridized carbons (Fsp3) is 0.280. The molecule has 3 aromatic rings. The highest BCUT2D eigenvalue weighted by molar-refractivity contribution is 5.30. The highest BCUT2D eigenvalue weighted by Gasteiger charge is 2.29. The van der Waals surface area contributed by atoms with Crippen LogP contribution in [0.15, 0.2) is 84.9 Å². The number of ether oxygens (including phenoxy) is 1. The molecule has 0 bridgehead atoms. The summed E-state index contributed by atoms with van der Waals surface area (Å²) >= 11 is 0. The van der Waals surface area contributed by atoms with Crippen molar-refractivity contribution in [2.45, 2.75) is 24.8 Å². The summed E-state index contributed by atoms with van der Waals surface area (Å²) in [6, 6.07) is 24.9. The second-order valence-corrected chi connectivity index (χ2v) is 7.45. The normalized spacial score (nSPS) is 12.8. The number of rotatable bonds is 10. The van der Waals surface area contributed by atoms with Gasteiger partial charge in [0.15, 0.2) is 0 Å². The van der Waals surface area contributed by atoms with Crippen molar-refractivity contribution in [3.8, 4) is 0 Å². The van der Waals surface area contributed by atoms with Gasteiger partial charge in [-0.1, -0.05) is 72.8 Å². The average molecular weight is 430 g/mol. The summed E-state index contributed by atoms with van der Waals surface area (Å²) in [4.78, 5) is 0. The highest BCUT2D eigenvalue weighted by Crippen LogP contribution is 2.29. The Bertz CT molecular complexity index is 860. The third-order valence-electron chi connectivity index (χ3n) is 5.02. The van der Waals surface area contributed by atoms with E-state index in [1.54, 1.807) is 0 Å². The molecule has 3 N–H and O–H groups in total. The molecule has 0 radical (unpaired) electrons. The Morgan fingerprint density at radius 2 is 1.35 bits per heavy atom. The number of aliphatic hydroxyl groups is 1. The van der Waals surface area contributed by atoms with Gasteiger partial charge in [0.2, 0.25) is 0 Å². The van der Waals surface area contributed by atoms with Gasteiger partial charge in [0.25, 0.3) is 0 Å². The quantitative estimate of drug-likeness (QED) is 0.478. The number of quaternary nitrogens is 1. The van der Waals surface area contributed by atoms with Crippen LogP contribution in [0.25, 0.3) is 0 Å². The van der Waals surface area contributed by atoms with Crippen LogP contribution in [0.2, 0.25) is 0 Å². The molecule has 0 aliphatic heterocycles. The van der Waals surface area contributed by atoms with Gasteiger partial charge in [-0.25, -0.2) is 0 Å². The fourth-order valence-corrected chi connectivity index (χ4v) is 3.36. The van der Waals surface area contributed by atoms with Crippen LogP contribution in [0.1, 0.15) is 28.4 Å². The van der Waals surface area contributed by atoms with Crippen molar-refractivity contribution in [3.05, 3.63) is 107 Å². The fourth-order valence-electron chi connectivity index (χ4n) is 3.36. The zero-order chi connectivity index (χ0) is 22.1. The van der Waals surface area contributed by atoms with Crippen LogP contribution in [0.5, 0.6) is 0 Å². The molecule has 0 saturated heterocycles. The van der Waals surface area contributed by atoms with E-state index >= 15 is 0 Å². The molecule has 3 rings (SSSR count). The number of aliphatic hydroxyl groups excluding tert-OH is 1. The van der Waals surface area contributed by atoms with E-state index in [1.807, 2.05) is 66.0 Å². The van der Waals surface area contributed by atoms with Crippen molar-refractivity contribution in [2.75, 3.05) is 19.7 Å². The molecule has 0 unspecified atom stereocenters. The molecule has 0 spiro atoms. The lowest BCUT2D eigenvalue weighted by molar-refractivity contribution is -0.660. The topological polar surface area (TPSA) is 46.1 Å². The molecule has 0 heterocycles. The van der Waals surface area contributed by atoms with E-state index in [0.29, 0.717) is 19.5 Å². The highest BCUT2D eigenvalue weighted by atomic mass is 19.4. The van der Waals surface area contributed by atoms with Crippen LogP contribution in [-0.4, -0.2) is 30.9 Å². The number of alkyl halides is 3. The predicted octanol–water partition coefficient (Wildman–Crippen LogP) is 3.98. The van der Waals surface area contributed by atoms with Gasteiger partial charge in [-0.3, -0.25) is 0 Å². The zero-order valence-corrected chi connectivity index (χ0v) is 17.1. The van der Waals surface area contributed by atoms with Gasteiger partial charge in [-0.15, -0.1) is 0 Å². The van der Waals surface area contributed by atoms with Crippen LogP contribution in [-0.2, 0) is 17.3 Å². The Hall–Kier alpha value is -2.67. The van der Waals surface area contributed by atoms with Crippen molar-refractivity contribution < 1.29 is 28.3 Å². The van der Waals surface area contributed by atoms with E-state index in [0.717, 1.165) is 28.8 Å². The molecular weight excluding hydrogens is 403 g/mol. The third kappa shape index (κ3) is 7.21. The van der Waals surface area contributed by atoms with E-state index in [1.165, 1.54) is 12.1 Å². The van der Waals surface area contributed by atoms with Crippen molar-refractivity contribution in [3.63, 3.8) is 0 Å². The van der Waals surface area contributed by atoms with Gasteiger partial charge in [0.1, 0.15) is 18.8 Å². The largest absolute Gasteiger partial charge is 0.416 e.